The van der Waals surface area contributed by atoms with Crippen LogP contribution >= 0.6 is 0 Å². The van der Waals surface area contributed by atoms with Gasteiger partial charge in [-0.25, -0.2) is 9.78 Å². The first-order valence-corrected chi connectivity index (χ1v) is 6.69. The molecule has 21 heavy (non-hydrogen) atoms. The van der Waals surface area contributed by atoms with Gasteiger partial charge in [-0.05, 0) is 23.8 Å². The number of carboxylic acid groups (broad SMARTS) is 1. The van der Waals surface area contributed by atoms with Crippen LogP contribution in [0.1, 0.15) is 27.8 Å². The summed E-state index contributed by atoms with van der Waals surface area (Å²) in [6.45, 7) is 0. The van der Waals surface area contributed by atoms with Crippen molar-refractivity contribution in [2.75, 3.05) is 0 Å². The largest absolute Gasteiger partial charge is 0.482 e. The van der Waals surface area contributed by atoms with Crippen molar-refractivity contribution in [3.63, 3.8) is 0 Å². The summed E-state index contributed by atoms with van der Waals surface area (Å²) < 4.78 is 5.88. The molecule has 0 bridgehead atoms. The van der Waals surface area contributed by atoms with E-state index in [9.17, 15) is 9.90 Å². The van der Waals surface area contributed by atoms with Crippen molar-refractivity contribution in [1.29, 1.82) is 0 Å². The molecule has 0 spiro atoms. The minimum absolute atomic E-state index is 0.198. The van der Waals surface area contributed by atoms with Gasteiger partial charge in [-0.1, -0.05) is 24.3 Å². The third-order valence-electron chi connectivity index (χ3n) is 3.71. The number of aromatic nitrogens is 2. The van der Waals surface area contributed by atoms with E-state index in [-0.39, 0.29) is 11.7 Å². The Labute approximate surface area is 120 Å². The Hall–Kier alpha value is -2.82. The van der Waals surface area contributed by atoms with Gasteiger partial charge in [0, 0.05) is 6.42 Å². The number of fused-ring (bicyclic) bond motifs is 2. The van der Waals surface area contributed by atoms with Gasteiger partial charge in [-0.15, -0.1) is 0 Å². The first-order chi connectivity index (χ1) is 10.2. The van der Waals surface area contributed by atoms with Crippen LogP contribution in [0.3, 0.4) is 0 Å². The van der Waals surface area contributed by atoms with Gasteiger partial charge in [-0.3, -0.25) is 0 Å². The van der Waals surface area contributed by atoms with Crippen LogP contribution in [-0.2, 0) is 6.42 Å². The van der Waals surface area contributed by atoms with E-state index in [1.165, 1.54) is 0 Å². The summed E-state index contributed by atoms with van der Waals surface area (Å²) in [6.07, 6.45) is 0.537. The van der Waals surface area contributed by atoms with Gasteiger partial charge >= 0.3 is 5.97 Å². The van der Waals surface area contributed by atoms with E-state index in [1.54, 1.807) is 12.1 Å². The van der Waals surface area contributed by atoms with E-state index >= 15 is 0 Å². The van der Waals surface area contributed by atoms with Gasteiger partial charge < -0.3 is 14.8 Å². The lowest BCUT2D eigenvalue weighted by Crippen LogP contribution is -2.05. The maximum atomic E-state index is 11.2. The summed E-state index contributed by atoms with van der Waals surface area (Å²) in [5.74, 6) is 0.547. The number of aromatic carboxylic acids is 1. The zero-order chi connectivity index (χ0) is 14.4. The fourth-order valence-corrected chi connectivity index (χ4v) is 2.71. The minimum Gasteiger partial charge on any atom is -0.482 e. The second-order valence-corrected chi connectivity index (χ2v) is 5.05. The molecule has 0 saturated carbocycles. The van der Waals surface area contributed by atoms with Gasteiger partial charge in [0.2, 0.25) is 0 Å². The first kappa shape index (κ1) is 12.0. The molecule has 1 aromatic heterocycles. The fraction of sp³-hybridized carbons (Fsp3) is 0.125. The van der Waals surface area contributed by atoms with Crippen LogP contribution in [0.15, 0.2) is 42.5 Å². The van der Waals surface area contributed by atoms with E-state index in [0.29, 0.717) is 16.9 Å². The Morgan fingerprint density at radius 2 is 2.10 bits per heavy atom. The van der Waals surface area contributed by atoms with Crippen LogP contribution in [0, 0.1) is 0 Å². The Morgan fingerprint density at radius 3 is 2.90 bits per heavy atom. The number of hydrogen-bond acceptors (Lipinski definition) is 3. The van der Waals surface area contributed by atoms with Gasteiger partial charge in [0.05, 0.1) is 11.1 Å². The molecule has 0 fully saturated rings. The fourth-order valence-electron chi connectivity index (χ4n) is 2.71. The van der Waals surface area contributed by atoms with Crippen molar-refractivity contribution < 1.29 is 14.6 Å². The van der Waals surface area contributed by atoms with Gasteiger partial charge in [0.15, 0.2) is 6.10 Å². The van der Waals surface area contributed by atoms with Crippen LogP contribution in [0.25, 0.3) is 11.0 Å². The molecule has 1 atom stereocenters. The number of para-hydroxylation sites is 2. The van der Waals surface area contributed by atoms with Crippen LogP contribution in [0.2, 0.25) is 0 Å². The van der Waals surface area contributed by atoms with Crippen molar-refractivity contribution >= 4 is 17.0 Å². The molecular formula is C16H12N2O3. The number of nitrogens with one attached hydrogen (secondary N) is 1. The smallest absolute Gasteiger partial charge is 0.337 e. The van der Waals surface area contributed by atoms with Crippen molar-refractivity contribution in [3.8, 4) is 5.75 Å². The molecule has 5 nitrogen and oxygen atoms in total. The number of rotatable bonds is 2. The second-order valence-electron chi connectivity index (χ2n) is 5.05. The maximum absolute atomic E-state index is 11.2. The highest BCUT2D eigenvalue weighted by atomic mass is 16.5. The van der Waals surface area contributed by atoms with Gasteiger partial charge in [-0.2, -0.15) is 0 Å². The predicted octanol–water partition coefficient (Wildman–Crippen LogP) is 2.94. The minimum atomic E-state index is -0.978. The molecule has 1 aliphatic rings. The molecule has 1 aliphatic heterocycles. The highest BCUT2D eigenvalue weighted by molar-refractivity contribution is 6.00. The normalized spacial score (nSPS) is 16.7. The Morgan fingerprint density at radius 1 is 1.24 bits per heavy atom. The third kappa shape index (κ3) is 1.86. The quantitative estimate of drug-likeness (QED) is 0.756. The molecule has 0 aliphatic carbocycles. The standard InChI is InChI=1S/C16H12N2O3/c19-16(20)10-5-3-6-11-14(10)18-15(17-11)13-8-9-4-1-2-7-12(9)21-13/h1-7,13H,8H2,(H,17,18)(H,19,20). The average Bonchev–Trinajstić information content (AvgIpc) is 3.09. The van der Waals surface area contributed by atoms with Crippen LogP contribution in [0.5, 0.6) is 5.75 Å². The highest BCUT2D eigenvalue weighted by Gasteiger charge is 2.27. The molecule has 2 N–H and O–H groups in total. The molecule has 4 rings (SSSR count). The zero-order valence-electron chi connectivity index (χ0n) is 11.0. The Balaban J connectivity index is 1.76. The van der Waals surface area contributed by atoms with E-state index in [0.717, 1.165) is 17.7 Å². The van der Waals surface area contributed by atoms with E-state index in [1.807, 2.05) is 30.3 Å². The number of carboxylic acids is 1. The molecule has 0 amide bonds. The van der Waals surface area contributed by atoms with Crippen molar-refractivity contribution in [3.05, 3.63) is 59.4 Å². The summed E-state index contributed by atoms with van der Waals surface area (Å²) in [4.78, 5) is 18.8. The molecule has 0 radical (unpaired) electrons. The lowest BCUT2D eigenvalue weighted by molar-refractivity contribution is 0.0699. The molecule has 2 aromatic carbocycles. The van der Waals surface area contributed by atoms with Crippen LogP contribution in [-0.4, -0.2) is 21.0 Å². The number of imidazole rings is 1. The van der Waals surface area contributed by atoms with E-state index < -0.39 is 5.97 Å². The topological polar surface area (TPSA) is 75.2 Å². The van der Waals surface area contributed by atoms with E-state index in [4.69, 9.17) is 4.74 Å². The maximum Gasteiger partial charge on any atom is 0.337 e. The molecule has 1 unspecified atom stereocenters. The molecule has 0 saturated heterocycles. The second kappa shape index (κ2) is 4.34. The lowest BCUT2D eigenvalue weighted by Gasteiger charge is -2.06. The SMILES string of the molecule is O=C(O)c1cccc2[nH]c(C3Cc4ccccc4O3)nc12. The number of nitrogens with zero attached hydrogens (tertiary/aromatic N) is 1. The summed E-state index contributed by atoms with van der Waals surface area (Å²) in [5.41, 5.74) is 2.52. The summed E-state index contributed by atoms with van der Waals surface area (Å²) >= 11 is 0. The molecule has 2 heterocycles. The number of ether oxygens (including phenoxy) is 1. The lowest BCUT2D eigenvalue weighted by atomic mass is 10.1. The van der Waals surface area contributed by atoms with Crippen LogP contribution in [0.4, 0.5) is 0 Å². The monoisotopic (exact) mass is 280 g/mol. The number of H-pyrrole nitrogens is 1. The zero-order valence-corrected chi connectivity index (χ0v) is 11.0. The van der Waals surface area contributed by atoms with Gasteiger partial charge in [0.1, 0.15) is 17.1 Å². The Bertz CT molecular complexity index is 829. The van der Waals surface area contributed by atoms with Crippen molar-refractivity contribution in [1.82, 2.24) is 9.97 Å². The number of carbonyl (C=O) groups is 1. The summed E-state index contributed by atoms with van der Waals surface area (Å²) in [5, 5.41) is 9.21. The van der Waals surface area contributed by atoms with Crippen molar-refractivity contribution in [2.45, 2.75) is 12.5 Å². The molecule has 5 heteroatoms. The predicted molar refractivity (Wildman–Crippen MR) is 76.6 cm³/mol. The van der Waals surface area contributed by atoms with Crippen LogP contribution < -0.4 is 4.74 Å². The molecular weight excluding hydrogens is 268 g/mol. The molecule has 104 valence electrons. The van der Waals surface area contributed by atoms with E-state index in [2.05, 4.69) is 9.97 Å². The number of benzene rings is 2. The van der Waals surface area contributed by atoms with Crippen molar-refractivity contribution in [2.24, 2.45) is 0 Å². The number of hydrogen-bond donors (Lipinski definition) is 2. The number of aromatic amines is 1. The Kier molecular flexibility index (Phi) is 2.47. The third-order valence-corrected chi connectivity index (χ3v) is 3.71. The summed E-state index contributed by atoms with van der Waals surface area (Å²) in [6, 6.07) is 13.0. The van der Waals surface area contributed by atoms with Gasteiger partial charge in [0.25, 0.3) is 0 Å². The summed E-state index contributed by atoms with van der Waals surface area (Å²) in [7, 11) is 0. The molecule has 3 aromatic rings. The average molecular weight is 280 g/mol. The highest BCUT2D eigenvalue weighted by Crippen LogP contribution is 2.36. The first-order valence-electron chi connectivity index (χ1n) is 6.69.